The minimum absolute atomic E-state index is 0.291. The standard InChI is InChI=1S/C26H21FN8/c1-14(2)30-16-11-15(12-28-13-16)20-7-8-21-23(31-20)24(35-34-21)26-32-22-18(9-10-29-25(22)33-26)17-5-3-4-6-19(17)27/h3-14,30H,1-2H3,(H,34,35)(H,29,32,33). The molecule has 0 amide bonds. The van der Waals surface area contributed by atoms with Crippen molar-refractivity contribution in [2.75, 3.05) is 5.32 Å². The van der Waals surface area contributed by atoms with Crippen LogP contribution >= 0.6 is 0 Å². The van der Waals surface area contributed by atoms with Crippen molar-refractivity contribution in [1.29, 1.82) is 0 Å². The van der Waals surface area contributed by atoms with Crippen LogP contribution in [0, 0.1) is 5.82 Å². The zero-order chi connectivity index (χ0) is 23.9. The molecule has 6 rings (SSSR count). The van der Waals surface area contributed by atoms with Crippen molar-refractivity contribution in [2.24, 2.45) is 0 Å². The van der Waals surface area contributed by atoms with E-state index in [1.165, 1.54) is 6.07 Å². The van der Waals surface area contributed by atoms with Crippen LogP contribution in [0.15, 0.2) is 67.1 Å². The van der Waals surface area contributed by atoms with E-state index in [0.29, 0.717) is 45.4 Å². The molecule has 0 aliphatic rings. The maximum atomic E-state index is 14.5. The Kier molecular flexibility index (Phi) is 4.95. The van der Waals surface area contributed by atoms with Crippen molar-refractivity contribution in [3.63, 3.8) is 0 Å². The molecular weight excluding hydrogens is 443 g/mol. The highest BCUT2D eigenvalue weighted by atomic mass is 19.1. The summed E-state index contributed by atoms with van der Waals surface area (Å²) in [6, 6.07) is 14.6. The summed E-state index contributed by atoms with van der Waals surface area (Å²) in [6.07, 6.45) is 5.21. The lowest BCUT2D eigenvalue weighted by molar-refractivity contribution is 0.631. The molecule has 1 aromatic carbocycles. The van der Waals surface area contributed by atoms with E-state index in [1.807, 2.05) is 18.2 Å². The average Bonchev–Trinajstić information content (AvgIpc) is 3.47. The topological polar surface area (TPSA) is 108 Å². The molecular formula is C26H21FN8. The number of imidazole rings is 1. The number of rotatable bonds is 5. The molecule has 0 radical (unpaired) electrons. The van der Waals surface area contributed by atoms with E-state index in [4.69, 9.17) is 9.97 Å². The van der Waals surface area contributed by atoms with Crippen LogP contribution in [0.3, 0.4) is 0 Å². The van der Waals surface area contributed by atoms with E-state index in [9.17, 15) is 4.39 Å². The second-order valence-corrected chi connectivity index (χ2v) is 8.55. The number of aromatic nitrogens is 7. The summed E-state index contributed by atoms with van der Waals surface area (Å²) >= 11 is 0. The molecule has 0 unspecified atom stereocenters. The van der Waals surface area contributed by atoms with Crippen LogP contribution in [0.2, 0.25) is 0 Å². The van der Waals surface area contributed by atoms with Crippen LogP contribution in [0.4, 0.5) is 10.1 Å². The molecule has 0 fully saturated rings. The van der Waals surface area contributed by atoms with Crippen molar-refractivity contribution in [2.45, 2.75) is 19.9 Å². The van der Waals surface area contributed by atoms with Crippen molar-refractivity contribution >= 4 is 27.9 Å². The summed E-state index contributed by atoms with van der Waals surface area (Å²) in [4.78, 5) is 21.6. The first kappa shape index (κ1) is 20.9. The van der Waals surface area contributed by atoms with E-state index in [-0.39, 0.29) is 5.82 Å². The number of H-pyrrole nitrogens is 2. The van der Waals surface area contributed by atoms with Crippen LogP contribution in [-0.4, -0.2) is 41.2 Å². The monoisotopic (exact) mass is 464 g/mol. The molecule has 0 saturated carbocycles. The largest absolute Gasteiger partial charge is 0.382 e. The Bertz CT molecular complexity index is 1680. The second-order valence-electron chi connectivity index (χ2n) is 8.55. The number of anilines is 1. The van der Waals surface area contributed by atoms with E-state index in [0.717, 1.165) is 22.5 Å². The first-order valence-corrected chi connectivity index (χ1v) is 11.2. The zero-order valence-corrected chi connectivity index (χ0v) is 19.0. The highest BCUT2D eigenvalue weighted by molar-refractivity contribution is 5.95. The predicted octanol–water partition coefficient (Wildman–Crippen LogP) is 5.58. The van der Waals surface area contributed by atoms with Gasteiger partial charge < -0.3 is 10.3 Å². The first-order valence-electron chi connectivity index (χ1n) is 11.2. The number of aromatic amines is 2. The average molecular weight is 465 g/mol. The van der Waals surface area contributed by atoms with Crippen molar-refractivity contribution in [3.8, 4) is 33.9 Å². The molecule has 0 aliphatic carbocycles. The number of halogens is 1. The molecule has 9 heteroatoms. The van der Waals surface area contributed by atoms with Gasteiger partial charge in [-0.25, -0.2) is 19.3 Å². The van der Waals surface area contributed by atoms with Crippen molar-refractivity contribution < 1.29 is 4.39 Å². The molecule has 3 N–H and O–H groups in total. The Morgan fingerprint density at radius 1 is 0.943 bits per heavy atom. The maximum Gasteiger partial charge on any atom is 0.162 e. The highest BCUT2D eigenvalue weighted by Gasteiger charge is 2.18. The summed E-state index contributed by atoms with van der Waals surface area (Å²) in [6.45, 7) is 4.16. The minimum Gasteiger partial charge on any atom is -0.382 e. The second kappa shape index (κ2) is 8.28. The fourth-order valence-corrected chi connectivity index (χ4v) is 4.14. The summed E-state index contributed by atoms with van der Waals surface area (Å²) in [5, 5.41) is 10.8. The summed E-state index contributed by atoms with van der Waals surface area (Å²) in [5.74, 6) is 0.185. The van der Waals surface area contributed by atoms with Gasteiger partial charge in [-0.2, -0.15) is 5.10 Å². The number of benzene rings is 1. The molecule has 0 atom stereocenters. The minimum atomic E-state index is -0.316. The molecule has 0 bridgehead atoms. The number of nitrogens with one attached hydrogen (secondary N) is 3. The number of hydrogen-bond donors (Lipinski definition) is 3. The normalized spacial score (nSPS) is 11.5. The van der Waals surface area contributed by atoms with Gasteiger partial charge in [-0.15, -0.1) is 0 Å². The quantitative estimate of drug-likeness (QED) is 0.307. The zero-order valence-electron chi connectivity index (χ0n) is 19.0. The summed E-state index contributed by atoms with van der Waals surface area (Å²) in [7, 11) is 0. The van der Waals surface area contributed by atoms with E-state index < -0.39 is 0 Å². The van der Waals surface area contributed by atoms with E-state index >= 15 is 0 Å². The third-order valence-electron chi connectivity index (χ3n) is 5.67. The third kappa shape index (κ3) is 3.76. The van der Waals surface area contributed by atoms with Gasteiger partial charge in [-0.3, -0.25) is 10.1 Å². The van der Waals surface area contributed by atoms with Gasteiger partial charge in [0.05, 0.1) is 16.9 Å². The number of hydrogen-bond acceptors (Lipinski definition) is 6. The summed E-state index contributed by atoms with van der Waals surface area (Å²) in [5.41, 5.74) is 6.81. The van der Waals surface area contributed by atoms with E-state index in [2.05, 4.69) is 44.3 Å². The molecule has 8 nitrogen and oxygen atoms in total. The predicted molar refractivity (Wildman–Crippen MR) is 134 cm³/mol. The maximum absolute atomic E-state index is 14.5. The van der Waals surface area contributed by atoms with Gasteiger partial charge in [0.15, 0.2) is 17.2 Å². The van der Waals surface area contributed by atoms with Crippen LogP contribution in [0.25, 0.3) is 56.1 Å². The fourth-order valence-electron chi connectivity index (χ4n) is 4.14. The first-order chi connectivity index (χ1) is 17.1. The van der Waals surface area contributed by atoms with Crippen LogP contribution in [0.1, 0.15) is 13.8 Å². The Hall–Kier alpha value is -4.66. The van der Waals surface area contributed by atoms with Crippen LogP contribution < -0.4 is 5.32 Å². The van der Waals surface area contributed by atoms with Crippen molar-refractivity contribution in [1.82, 2.24) is 35.1 Å². The lowest BCUT2D eigenvalue weighted by Gasteiger charge is -2.10. The SMILES string of the molecule is CC(C)Nc1cncc(-c2ccc3[nH]nc(-c4nc5c(-c6ccccc6F)ccnc5[nH]4)c3n2)c1. The molecule has 35 heavy (non-hydrogen) atoms. The van der Waals surface area contributed by atoms with Gasteiger partial charge in [-0.1, -0.05) is 18.2 Å². The smallest absolute Gasteiger partial charge is 0.162 e. The van der Waals surface area contributed by atoms with Gasteiger partial charge in [0.25, 0.3) is 0 Å². The molecule has 0 spiro atoms. The van der Waals surface area contributed by atoms with Crippen LogP contribution in [0.5, 0.6) is 0 Å². The van der Waals surface area contributed by atoms with Crippen molar-refractivity contribution in [3.05, 3.63) is 72.9 Å². The summed E-state index contributed by atoms with van der Waals surface area (Å²) < 4.78 is 14.5. The molecule has 6 aromatic rings. The Balaban J connectivity index is 1.46. The van der Waals surface area contributed by atoms with Gasteiger partial charge >= 0.3 is 0 Å². The molecule has 5 heterocycles. The lowest BCUT2D eigenvalue weighted by Crippen LogP contribution is -2.09. The van der Waals surface area contributed by atoms with Crippen LogP contribution in [-0.2, 0) is 0 Å². The number of fused-ring (bicyclic) bond motifs is 2. The number of nitrogens with zero attached hydrogens (tertiary/aromatic N) is 5. The molecule has 5 aromatic heterocycles. The fraction of sp³-hybridized carbons (Fsp3) is 0.115. The van der Waals surface area contributed by atoms with E-state index in [1.54, 1.807) is 42.9 Å². The molecule has 0 saturated heterocycles. The molecule has 0 aliphatic heterocycles. The lowest BCUT2D eigenvalue weighted by atomic mass is 10.1. The molecule has 172 valence electrons. The van der Waals surface area contributed by atoms with Gasteiger partial charge in [-0.05, 0) is 44.2 Å². The highest BCUT2D eigenvalue weighted by Crippen LogP contribution is 2.32. The van der Waals surface area contributed by atoms with Gasteiger partial charge in [0.2, 0.25) is 0 Å². The Morgan fingerprint density at radius 2 is 1.83 bits per heavy atom. The van der Waals surface area contributed by atoms with Gasteiger partial charge in [0.1, 0.15) is 16.9 Å². The van der Waals surface area contributed by atoms with Gasteiger partial charge in [0, 0.05) is 41.3 Å². The number of pyridine rings is 3. The Morgan fingerprint density at radius 3 is 2.69 bits per heavy atom. The third-order valence-corrected chi connectivity index (χ3v) is 5.67. The Labute approximate surface area is 199 Å².